The minimum absolute atomic E-state index is 0.0537. The minimum Gasteiger partial charge on any atom is -0.508 e. The van der Waals surface area contributed by atoms with E-state index in [0.29, 0.717) is 5.56 Å². The van der Waals surface area contributed by atoms with Gasteiger partial charge in [-0.25, -0.2) is 0 Å². The largest absolute Gasteiger partial charge is 0.508 e. The van der Waals surface area contributed by atoms with E-state index < -0.39 is 0 Å². The van der Waals surface area contributed by atoms with Crippen molar-refractivity contribution in [2.45, 2.75) is 26.2 Å². The molecule has 0 spiro atoms. The van der Waals surface area contributed by atoms with Crippen LogP contribution in [0, 0.1) is 0 Å². The molecule has 1 rings (SSSR count). The Kier molecular flexibility index (Phi) is 4.61. The first-order valence-corrected chi connectivity index (χ1v) is 5.24. The van der Waals surface area contributed by atoms with Crippen molar-refractivity contribution in [3.63, 3.8) is 0 Å². The molecule has 0 aliphatic heterocycles. The van der Waals surface area contributed by atoms with Crippen molar-refractivity contribution in [3.8, 4) is 5.75 Å². The van der Waals surface area contributed by atoms with Crippen LogP contribution in [-0.2, 0) is 0 Å². The lowest BCUT2D eigenvalue weighted by molar-refractivity contribution is 0.104. The lowest BCUT2D eigenvalue weighted by Crippen LogP contribution is -1.93. The topological polar surface area (TPSA) is 37.3 Å². The first-order valence-electron chi connectivity index (χ1n) is 5.24. The van der Waals surface area contributed by atoms with Crippen molar-refractivity contribution in [3.05, 3.63) is 42.0 Å². The van der Waals surface area contributed by atoms with Crippen LogP contribution < -0.4 is 0 Å². The molecule has 0 aromatic heterocycles. The van der Waals surface area contributed by atoms with Gasteiger partial charge in [0, 0.05) is 5.56 Å². The maximum atomic E-state index is 11.6. The fourth-order valence-electron chi connectivity index (χ4n) is 1.27. The Bertz CT molecular complexity index is 353. The summed E-state index contributed by atoms with van der Waals surface area (Å²) in [5.74, 6) is 0.0739. The molecule has 80 valence electrons. The first kappa shape index (κ1) is 11.5. The molecule has 0 atom stereocenters. The fraction of sp³-hybridized carbons (Fsp3) is 0.308. The number of carbonyl (C=O) groups is 1. The highest BCUT2D eigenvalue weighted by atomic mass is 16.3. The molecule has 0 saturated carbocycles. The molecule has 2 heteroatoms. The second kappa shape index (κ2) is 6.02. The van der Waals surface area contributed by atoms with Gasteiger partial charge in [-0.05, 0) is 24.6 Å². The maximum Gasteiger partial charge on any atom is 0.185 e. The van der Waals surface area contributed by atoms with E-state index in [4.69, 9.17) is 0 Å². The molecule has 0 saturated heterocycles. The van der Waals surface area contributed by atoms with E-state index in [-0.39, 0.29) is 11.5 Å². The average molecular weight is 204 g/mol. The summed E-state index contributed by atoms with van der Waals surface area (Å²) in [6.45, 7) is 2.12. The second-order valence-corrected chi connectivity index (χ2v) is 3.46. The van der Waals surface area contributed by atoms with Crippen LogP contribution in [0.3, 0.4) is 0 Å². The summed E-state index contributed by atoms with van der Waals surface area (Å²) in [5.41, 5.74) is 0.530. The highest BCUT2D eigenvalue weighted by molar-refractivity contribution is 6.04. The number of allylic oxidation sites excluding steroid dienone is 2. The van der Waals surface area contributed by atoms with Crippen LogP contribution in [0.25, 0.3) is 0 Å². The molecule has 1 N–H and O–H groups in total. The Morgan fingerprint density at radius 2 is 2.27 bits per heavy atom. The van der Waals surface area contributed by atoms with Crippen LogP contribution in [-0.4, -0.2) is 10.9 Å². The number of benzene rings is 1. The zero-order valence-corrected chi connectivity index (χ0v) is 8.94. The van der Waals surface area contributed by atoms with Crippen LogP contribution in [0.15, 0.2) is 36.4 Å². The van der Waals surface area contributed by atoms with Gasteiger partial charge >= 0.3 is 0 Å². The predicted octanol–water partition coefficient (Wildman–Crippen LogP) is 3.32. The van der Waals surface area contributed by atoms with Crippen molar-refractivity contribution in [2.75, 3.05) is 0 Å². The van der Waals surface area contributed by atoms with E-state index in [1.807, 2.05) is 6.08 Å². The predicted molar refractivity (Wildman–Crippen MR) is 61.1 cm³/mol. The molecule has 0 heterocycles. The number of ketones is 1. The highest BCUT2D eigenvalue weighted by Crippen LogP contribution is 2.11. The van der Waals surface area contributed by atoms with Gasteiger partial charge in [0.25, 0.3) is 0 Å². The molecule has 0 unspecified atom stereocenters. The third-order valence-corrected chi connectivity index (χ3v) is 2.12. The molecular formula is C13H16O2. The number of rotatable bonds is 5. The molecule has 2 nitrogen and oxygen atoms in total. The van der Waals surface area contributed by atoms with Crippen molar-refractivity contribution in [1.82, 2.24) is 0 Å². The molecule has 0 bridgehead atoms. The van der Waals surface area contributed by atoms with E-state index in [1.54, 1.807) is 24.3 Å². The van der Waals surface area contributed by atoms with Crippen molar-refractivity contribution in [1.29, 1.82) is 0 Å². The monoisotopic (exact) mass is 204 g/mol. The summed E-state index contributed by atoms with van der Waals surface area (Å²) in [4.78, 5) is 11.6. The van der Waals surface area contributed by atoms with E-state index in [2.05, 4.69) is 6.92 Å². The summed E-state index contributed by atoms with van der Waals surface area (Å²) in [7, 11) is 0. The highest BCUT2D eigenvalue weighted by Gasteiger charge is 2.01. The van der Waals surface area contributed by atoms with Gasteiger partial charge in [-0.3, -0.25) is 4.79 Å². The SMILES string of the molecule is CCCC/C=C/C(=O)c1cccc(O)c1. The quantitative estimate of drug-likeness (QED) is 0.454. The van der Waals surface area contributed by atoms with Gasteiger partial charge in [0.05, 0.1) is 0 Å². The summed E-state index contributed by atoms with van der Waals surface area (Å²) in [5, 5.41) is 9.20. The third kappa shape index (κ3) is 3.98. The van der Waals surface area contributed by atoms with Crippen LogP contribution in [0.1, 0.15) is 36.5 Å². The molecule has 0 aliphatic carbocycles. The van der Waals surface area contributed by atoms with E-state index in [0.717, 1.165) is 19.3 Å². The fourth-order valence-corrected chi connectivity index (χ4v) is 1.27. The van der Waals surface area contributed by atoms with Gasteiger partial charge in [0.15, 0.2) is 5.78 Å². The lowest BCUT2D eigenvalue weighted by Gasteiger charge is -1.96. The molecule has 0 aliphatic rings. The zero-order valence-electron chi connectivity index (χ0n) is 8.94. The minimum atomic E-state index is -0.0537. The summed E-state index contributed by atoms with van der Waals surface area (Å²) in [6.07, 6.45) is 6.62. The number of unbranched alkanes of at least 4 members (excludes halogenated alkanes) is 2. The summed E-state index contributed by atoms with van der Waals surface area (Å²) >= 11 is 0. The lowest BCUT2D eigenvalue weighted by atomic mass is 10.1. The van der Waals surface area contributed by atoms with Crippen LogP contribution in [0.4, 0.5) is 0 Å². The van der Waals surface area contributed by atoms with Crippen molar-refractivity contribution < 1.29 is 9.90 Å². The van der Waals surface area contributed by atoms with Crippen molar-refractivity contribution in [2.24, 2.45) is 0 Å². The molecule has 0 radical (unpaired) electrons. The number of phenolic OH excluding ortho intramolecular Hbond substituents is 1. The Morgan fingerprint density at radius 3 is 2.93 bits per heavy atom. The van der Waals surface area contributed by atoms with Gasteiger partial charge in [0.2, 0.25) is 0 Å². The number of aromatic hydroxyl groups is 1. The van der Waals surface area contributed by atoms with Gasteiger partial charge in [-0.15, -0.1) is 0 Å². The molecule has 1 aromatic carbocycles. The molecule has 1 aromatic rings. The molecule has 15 heavy (non-hydrogen) atoms. The van der Waals surface area contributed by atoms with E-state index in [9.17, 15) is 9.90 Å². The smallest absolute Gasteiger partial charge is 0.185 e. The molecule has 0 fully saturated rings. The Hall–Kier alpha value is -1.57. The first-order chi connectivity index (χ1) is 7.24. The van der Waals surface area contributed by atoms with Crippen LogP contribution >= 0.6 is 0 Å². The van der Waals surface area contributed by atoms with Gasteiger partial charge in [-0.1, -0.05) is 38.0 Å². The standard InChI is InChI=1S/C13H16O2/c1-2-3-4-5-9-13(15)11-7-6-8-12(14)10-11/h5-10,14H,2-4H2,1H3/b9-5+. The van der Waals surface area contributed by atoms with Gasteiger partial charge < -0.3 is 5.11 Å². The average Bonchev–Trinajstić information content (AvgIpc) is 2.24. The third-order valence-electron chi connectivity index (χ3n) is 2.12. The van der Waals surface area contributed by atoms with Crippen molar-refractivity contribution >= 4 is 5.78 Å². The number of hydrogen-bond acceptors (Lipinski definition) is 2. The summed E-state index contributed by atoms with van der Waals surface area (Å²) in [6, 6.07) is 6.40. The zero-order chi connectivity index (χ0) is 11.1. The number of carbonyl (C=O) groups excluding carboxylic acids is 1. The number of phenols is 1. The van der Waals surface area contributed by atoms with Crippen LogP contribution in [0.5, 0.6) is 5.75 Å². The molecule has 0 amide bonds. The molecular weight excluding hydrogens is 188 g/mol. The van der Waals surface area contributed by atoms with Crippen LogP contribution in [0.2, 0.25) is 0 Å². The number of hydrogen-bond donors (Lipinski definition) is 1. The van der Waals surface area contributed by atoms with E-state index >= 15 is 0 Å². The summed E-state index contributed by atoms with van der Waals surface area (Å²) < 4.78 is 0. The Balaban J connectivity index is 2.57. The Morgan fingerprint density at radius 1 is 1.47 bits per heavy atom. The van der Waals surface area contributed by atoms with E-state index in [1.165, 1.54) is 6.07 Å². The van der Waals surface area contributed by atoms with Gasteiger partial charge in [-0.2, -0.15) is 0 Å². The second-order valence-electron chi connectivity index (χ2n) is 3.46. The maximum absolute atomic E-state index is 11.6. The Labute approximate surface area is 90.3 Å². The normalized spacial score (nSPS) is 10.7. The van der Waals surface area contributed by atoms with Gasteiger partial charge in [0.1, 0.15) is 5.75 Å².